The summed E-state index contributed by atoms with van der Waals surface area (Å²) in [5, 5.41) is 7.53. The Morgan fingerprint density at radius 3 is 2.95 bits per heavy atom. The summed E-state index contributed by atoms with van der Waals surface area (Å²) >= 11 is 0. The van der Waals surface area contributed by atoms with Crippen LogP contribution in [0.2, 0.25) is 0 Å². The van der Waals surface area contributed by atoms with E-state index >= 15 is 0 Å². The van der Waals surface area contributed by atoms with Crippen molar-refractivity contribution in [1.29, 1.82) is 0 Å². The van der Waals surface area contributed by atoms with Crippen molar-refractivity contribution in [2.75, 3.05) is 25.0 Å². The van der Waals surface area contributed by atoms with Gasteiger partial charge in [0.1, 0.15) is 0 Å². The van der Waals surface area contributed by atoms with Crippen LogP contribution in [0.25, 0.3) is 0 Å². The Bertz CT molecular complexity index is 624. The van der Waals surface area contributed by atoms with E-state index in [0.717, 1.165) is 17.8 Å². The van der Waals surface area contributed by atoms with Crippen LogP contribution in [0.15, 0.2) is 36.9 Å². The molecule has 3 rings (SSSR count). The summed E-state index contributed by atoms with van der Waals surface area (Å²) in [6.07, 6.45) is 7.25. The maximum absolute atomic E-state index is 12.8. The Morgan fingerprint density at radius 1 is 1.43 bits per heavy atom. The fraction of sp³-hybridized carbons (Fsp3) is 0.400. The van der Waals surface area contributed by atoms with Gasteiger partial charge in [-0.25, -0.2) is 0 Å². The Kier molecular flexibility index (Phi) is 3.70. The second-order valence-electron chi connectivity index (χ2n) is 5.43. The van der Waals surface area contributed by atoms with Crippen molar-refractivity contribution >= 4 is 11.6 Å². The molecule has 2 aromatic rings. The van der Waals surface area contributed by atoms with Crippen molar-refractivity contribution in [3.63, 3.8) is 0 Å². The molecule has 2 atom stereocenters. The largest absolute Gasteiger partial charge is 0.315 e. The van der Waals surface area contributed by atoms with E-state index in [1.807, 2.05) is 31.6 Å². The molecule has 0 aliphatic carbocycles. The summed E-state index contributed by atoms with van der Waals surface area (Å²) in [5.41, 5.74) is 1.93. The van der Waals surface area contributed by atoms with Crippen LogP contribution in [-0.4, -0.2) is 40.8 Å². The molecule has 1 fully saturated rings. The summed E-state index contributed by atoms with van der Waals surface area (Å²) < 4.78 is 1.78. The van der Waals surface area contributed by atoms with Crippen LogP contribution in [0.4, 0.5) is 5.69 Å². The third kappa shape index (κ3) is 2.67. The van der Waals surface area contributed by atoms with Gasteiger partial charge in [0.2, 0.25) is 5.91 Å². The van der Waals surface area contributed by atoms with Gasteiger partial charge < -0.3 is 10.2 Å². The van der Waals surface area contributed by atoms with E-state index in [1.54, 1.807) is 29.0 Å². The number of carbonyl (C=O) groups excluding carboxylic acids is 1. The highest BCUT2D eigenvalue weighted by molar-refractivity contribution is 5.95. The molecule has 0 aromatic carbocycles. The van der Waals surface area contributed by atoms with Gasteiger partial charge in [0.05, 0.1) is 24.0 Å². The minimum absolute atomic E-state index is 0.0700. The summed E-state index contributed by atoms with van der Waals surface area (Å²) in [5.74, 6) is 0.214. The number of aromatic nitrogens is 3. The molecule has 2 aromatic heterocycles. The molecule has 1 aliphatic rings. The fourth-order valence-electron chi connectivity index (χ4n) is 2.85. The average molecular weight is 285 g/mol. The number of amides is 1. The highest BCUT2D eigenvalue weighted by Gasteiger charge is 2.36. The number of rotatable bonds is 3. The molecule has 0 spiro atoms. The van der Waals surface area contributed by atoms with Gasteiger partial charge in [0.25, 0.3) is 0 Å². The molecule has 6 heteroatoms. The van der Waals surface area contributed by atoms with Crippen molar-refractivity contribution < 1.29 is 4.79 Å². The van der Waals surface area contributed by atoms with Crippen LogP contribution in [0.1, 0.15) is 11.5 Å². The van der Waals surface area contributed by atoms with Crippen LogP contribution in [0.5, 0.6) is 0 Å². The number of pyridine rings is 1. The Hall–Kier alpha value is -2.21. The minimum atomic E-state index is -0.0700. The van der Waals surface area contributed by atoms with Crippen LogP contribution in [0, 0.1) is 5.92 Å². The molecule has 1 aliphatic heterocycles. The SMILES string of the molecule is CN(C(=O)[C@H]1CNC[C@@H]1c1cnn(C)c1)c1cccnc1. The normalized spacial score (nSPS) is 21.4. The van der Waals surface area contributed by atoms with Crippen molar-refractivity contribution in [3.8, 4) is 0 Å². The first kappa shape index (κ1) is 13.8. The maximum atomic E-state index is 12.8. The summed E-state index contributed by atoms with van der Waals surface area (Å²) in [4.78, 5) is 18.5. The Balaban J connectivity index is 1.80. The molecule has 1 saturated heterocycles. The van der Waals surface area contributed by atoms with Crippen molar-refractivity contribution in [1.82, 2.24) is 20.1 Å². The van der Waals surface area contributed by atoms with E-state index in [0.29, 0.717) is 6.54 Å². The number of hydrogen-bond acceptors (Lipinski definition) is 4. The molecule has 0 bridgehead atoms. The maximum Gasteiger partial charge on any atom is 0.231 e. The van der Waals surface area contributed by atoms with Gasteiger partial charge in [0, 0.05) is 45.5 Å². The summed E-state index contributed by atoms with van der Waals surface area (Å²) in [6, 6.07) is 3.73. The van der Waals surface area contributed by atoms with Gasteiger partial charge in [-0.15, -0.1) is 0 Å². The summed E-state index contributed by atoms with van der Waals surface area (Å²) in [6.45, 7) is 1.51. The van der Waals surface area contributed by atoms with Crippen LogP contribution < -0.4 is 10.2 Å². The van der Waals surface area contributed by atoms with Gasteiger partial charge in [-0.05, 0) is 17.7 Å². The molecule has 0 unspecified atom stereocenters. The van der Waals surface area contributed by atoms with Crippen molar-refractivity contribution in [3.05, 3.63) is 42.5 Å². The first-order chi connectivity index (χ1) is 10.2. The number of nitrogens with one attached hydrogen (secondary N) is 1. The Labute approximate surface area is 123 Å². The van der Waals surface area contributed by atoms with E-state index in [1.165, 1.54) is 0 Å². The zero-order valence-electron chi connectivity index (χ0n) is 12.2. The van der Waals surface area contributed by atoms with Crippen LogP contribution in [0.3, 0.4) is 0 Å². The summed E-state index contributed by atoms with van der Waals surface area (Å²) in [7, 11) is 3.70. The second-order valence-corrected chi connectivity index (χ2v) is 5.43. The van der Waals surface area contributed by atoms with E-state index in [9.17, 15) is 4.79 Å². The highest BCUT2D eigenvalue weighted by Crippen LogP contribution is 2.30. The molecule has 1 N–H and O–H groups in total. The fourth-order valence-corrected chi connectivity index (χ4v) is 2.85. The topological polar surface area (TPSA) is 63.1 Å². The lowest BCUT2D eigenvalue weighted by Gasteiger charge is -2.23. The average Bonchev–Trinajstić information content (AvgIpc) is 3.15. The van der Waals surface area contributed by atoms with Crippen molar-refractivity contribution in [2.45, 2.75) is 5.92 Å². The highest BCUT2D eigenvalue weighted by atomic mass is 16.2. The Morgan fingerprint density at radius 2 is 2.29 bits per heavy atom. The predicted octanol–water partition coefficient (Wildman–Crippen LogP) is 0.781. The zero-order valence-corrected chi connectivity index (χ0v) is 12.2. The number of hydrogen-bond donors (Lipinski definition) is 1. The molecule has 3 heterocycles. The molecule has 1 amide bonds. The molecular formula is C15H19N5O. The van der Waals surface area contributed by atoms with E-state index in [-0.39, 0.29) is 17.7 Å². The van der Waals surface area contributed by atoms with Crippen LogP contribution >= 0.6 is 0 Å². The number of carbonyl (C=O) groups is 1. The minimum Gasteiger partial charge on any atom is -0.315 e. The van der Waals surface area contributed by atoms with Gasteiger partial charge in [0.15, 0.2) is 0 Å². The van der Waals surface area contributed by atoms with Crippen LogP contribution in [-0.2, 0) is 11.8 Å². The quantitative estimate of drug-likeness (QED) is 0.905. The first-order valence-corrected chi connectivity index (χ1v) is 7.03. The molecule has 0 radical (unpaired) electrons. The third-order valence-corrected chi connectivity index (χ3v) is 4.05. The number of anilines is 1. The van der Waals surface area contributed by atoms with E-state index in [4.69, 9.17) is 0 Å². The van der Waals surface area contributed by atoms with Gasteiger partial charge in [-0.3, -0.25) is 14.5 Å². The van der Waals surface area contributed by atoms with E-state index in [2.05, 4.69) is 15.4 Å². The van der Waals surface area contributed by atoms with Gasteiger partial charge in [-0.2, -0.15) is 5.10 Å². The molecule has 21 heavy (non-hydrogen) atoms. The van der Waals surface area contributed by atoms with Gasteiger partial charge >= 0.3 is 0 Å². The zero-order chi connectivity index (χ0) is 14.8. The lowest BCUT2D eigenvalue weighted by atomic mass is 9.90. The van der Waals surface area contributed by atoms with E-state index < -0.39 is 0 Å². The first-order valence-electron chi connectivity index (χ1n) is 7.03. The smallest absolute Gasteiger partial charge is 0.231 e. The molecule has 110 valence electrons. The van der Waals surface area contributed by atoms with Gasteiger partial charge in [-0.1, -0.05) is 0 Å². The lowest BCUT2D eigenvalue weighted by Crippen LogP contribution is -2.36. The second kappa shape index (κ2) is 5.65. The molecule has 0 saturated carbocycles. The predicted molar refractivity (Wildman–Crippen MR) is 80.0 cm³/mol. The lowest BCUT2D eigenvalue weighted by molar-refractivity contribution is -0.121. The molecule has 6 nitrogen and oxygen atoms in total. The monoisotopic (exact) mass is 285 g/mol. The van der Waals surface area contributed by atoms with Crippen molar-refractivity contribution in [2.24, 2.45) is 13.0 Å². The third-order valence-electron chi connectivity index (χ3n) is 4.05. The number of nitrogens with zero attached hydrogens (tertiary/aromatic N) is 4. The number of aryl methyl sites for hydroxylation is 1. The standard InChI is InChI=1S/C15H19N5O/c1-19-10-11(6-18-19)13-8-17-9-14(13)15(21)20(2)12-4-3-5-16-7-12/h3-7,10,13-14,17H,8-9H2,1-2H3/t13-,14+/m1/s1. The molecular weight excluding hydrogens is 266 g/mol.